The standard InChI is InChI=1S/C16H33NO2S/c1-3-5-6-7-8-9-10-11-13-20-14-12-15(17)16(18)19-4-2/h15H,3-14,17H2,1-2H3. The van der Waals surface area contributed by atoms with Crippen LogP contribution in [-0.2, 0) is 9.53 Å². The number of hydrogen-bond acceptors (Lipinski definition) is 4. The van der Waals surface area contributed by atoms with E-state index in [1.807, 2.05) is 18.7 Å². The van der Waals surface area contributed by atoms with Crippen molar-refractivity contribution in [2.24, 2.45) is 5.73 Å². The summed E-state index contributed by atoms with van der Waals surface area (Å²) in [5.41, 5.74) is 5.74. The van der Waals surface area contributed by atoms with Crippen molar-refractivity contribution in [1.29, 1.82) is 0 Å². The van der Waals surface area contributed by atoms with E-state index >= 15 is 0 Å². The fourth-order valence-corrected chi connectivity index (χ4v) is 3.05. The molecule has 3 nitrogen and oxygen atoms in total. The minimum absolute atomic E-state index is 0.264. The van der Waals surface area contributed by atoms with Gasteiger partial charge in [-0.3, -0.25) is 4.79 Å². The number of nitrogens with two attached hydrogens (primary N) is 1. The summed E-state index contributed by atoms with van der Waals surface area (Å²) in [6, 6.07) is -0.444. The van der Waals surface area contributed by atoms with Gasteiger partial charge < -0.3 is 10.5 Å². The van der Waals surface area contributed by atoms with Crippen LogP contribution in [0.4, 0.5) is 0 Å². The predicted molar refractivity (Wildman–Crippen MR) is 89.2 cm³/mol. The lowest BCUT2D eigenvalue weighted by Gasteiger charge is -2.09. The summed E-state index contributed by atoms with van der Waals surface area (Å²) in [5, 5.41) is 0. The third-order valence-corrected chi connectivity index (χ3v) is 4.41. The zero-order chi connectivity index (χ0) is 15.1. The Morgan fingerprint density at radius 1 is 1.00 bits per heavy atom. The third kappa shape index (κ3) is 12.8. The van der Waals surface area contributed by atoms with Crippen LogP contribution in [0.3, 0.4) is 0 Å². The van der Waals surface area contributed by atoms with Gasteiger partial charge in [0.2, 0.25) is 0 Å². The molecule has 4 heteroatoms. The molecule has 0 fully saturated rings. The van der Waals surface area contributed by atoms with E-state index in [1.54, 1.807) is 0 Å². The van der Waals surface area contributed by atoms with Gasteiger partial charge >= 0.3 is 5.97 Å². The highest BCUT2D eigenvalue weighted by atomic mass is 32.2. The number of ether oxygens (including phenoxy) is 1. The summed E-state index contributed by atoms with van der Waals surface area (Å²) >= 11 is 1.90. The molecule has 20 heavy (non-hydrogen) atoms. The highest BCUT2D eigenvalue weighted by Gasteiger charge is 2.13. The zero-order valence-corrected chi connectivity index (χ0v) is 14.2. The molecule has 0 aromatic carbocycles. The van der Waals surface area contributed by atoms with E-state index in [2.05, 4.69) is 6.92 Å². The molecular formula is C16H33NO2S. The molecular weight excluding hydrogens is 270 g/mol. The van der Waals surface area contributed by atoms with Gasteiger partial charge in [0.05, 0.1) is 6.61 Å². The van der Waals surface area contributed by atoms with Crippen LogP contribution in [0.25, 0.3) is 0 Å². The van der Waals surface area contributed by atoms with Gasteiger partial charge in [0, 0.05) is 0 Å². The number of esters is 1. The molecule has 0 heterocycles. The van der Waals surface area contributed by atoms with E-state index in [0.29, 0.717) is 6.61 Å². The van der Waals surface area contributed by atoms with Crippen molar-refractivity contribution < 1.29 is 9.53 Å². The highest BCUT2D eigenvalue weighted by Crippen LogP contribution is 2.12. The minimum atomic E-state index is -0.444. The third-order valence-electron chi connectivity index (χ3n) is 3.30. The molecule has 120 valence electrons. The Morgan fingerprint density at radius 2 is 1.60 bits per heavy atom. The molecule has 0 aliphatic carbocycles. The van der Waals surface area contributed by atoms with E-state index in [9.17, 15) is 4.79 Å². The monoisotopic (exact) mass is 303 g/mol. The summed E-state index contributed by atoms with van der Waals surface area (Å²) in [6.07, 6.45) is 11.6. The minimum Gasteiger partial charge on any atom is -0.465 e. The molecule has 0 amide bonds. The van der Waals surface area contributed by atoms with Gasteiger partial charge in [0.15, 0.2) is 0 Å². The lowest BCUT2D eigenvalue weighted by Crippen LogP contribution is -2.32. The van der Waals surface area contributed by atoms with Gasteiger partial charge in [-0.2, -0.15) is 11.8 Å². The number of rotatable bonds is 14. The largest absolute Gasteiger partial charge is 0.465 e. The smallest absolute Gasteiger partial charge is 0.322 e. The van der Waals surface area contributed by atoms with E-state index < -0.39 is 6.04 Å². The number of unbranched alkanes of at least 4 members (excludes halogenated alkanes) is 7. The first kappa shape index (κ1) is 19.8. The molecule has 2 N–H and O–H groups in total. The van der Waals surface area contributed by atoms with Crippen LogP contribution in [0, 0.1) is 0 Å². The van der Waals surface area contributed by atoms with E-state index in [4.69, 9.17) is 10.5 Å². The van der Waals surface area contributed by atoms with Crippen LogP contribution in [0.2, 0.25) is 0 Å². The highest BCUT2D eigenvalue weighted by molar-refractivity contribution is 7.99. The van der Waals surface area contributed by atoms with Crippen molar-refractivity contribution in [2.45, 2.75) is 77.7 Å². The Balaban J connectivity index is 3.18. The molecule has 0 spiro atoms. The van der Waals surface area contributed by atoms with Gasteiger partial charge in [0.1, 0.15) is 6.04 Å². The summed E-state index contributed by atoms with van der Waals surface area (Å²) in [7, 11) is 0. The summed E-state index contributed by atoms with van der Waals surface area (Å²) < 4.78 is 4.88. The van der Waals surface area contributed by atoms with Crippen molar-refractivity contribution in [3.63, 3.8) is 0 Å². The number of thioether (sulfide) groups is 1. The first-order chi connectivity index (χ1) is 9.72. The lowest BCUT2D eigenvalue weighted by atomic mass is 10.1. The maximum atomic E-state index is 11.3. The lowest BCUT2D eigenvalue weighted by molar-refractivity contribution is -0.144. The van der Waals surface area contributed by atoms with Crippen molar-refractivity contribution in [1.82, 2.24) is 0 Å². The molecule has 0 bridgehead atoms. The Kier molecular flexibility index (Phi) is 15.0. The van der Waals surface area contributed by atoms with Crippen molar-refractivity contribution in [3.05, 3.63) is 0 Å². The SMILES string of the molecule is CCCCCCCCCCSCCC(N)C(=O)OCC. The van der Waals surface area contributed by atoms with Crippen LogP contribution in [0.5, 0.6) is 0 Å². The van der Waals surface area contributed by atoms with Gasteiger partial charge in [-0.15, -0.1) is 0 Å². The van der Waals surface area contributed by atoms with Crippen LogP contribution in [-0.4, -0.2) is 30.1 Å². The summed E-state index contributed by atoms with van der Waals surface area (Å²) in [4.78, 5) is 11.3. The second-order valence-corrected chi connectivity index (χ2v) is 6.46. The fourth-order valence-electron chi connectivity index (χ4n) is 2.02. The first-order valence-electron chi connectivity index (χ1n) is 8.22. The molecule has 1 unspecified atom stereocenters. The Morgan fingerprint density at radius 3 is 2.20 bits per heavy atom. The predicted octanol–water partition coefficient (Wildman–Crippen LogP) is 4.14. The topological polar surface area (TPSA) is 52.3 Å². The second-order valence-electron chi connectivity index (χ2n) is 5.23. The summed E-state index contributed by atoms with van der Waals surface area (Å²) in [5.74, 6) is 1.88. The van der Waals surface area contributed by atoms with Gasteiger partial charge in [0.25, 0.3) is 0 Å². The molecule has 0 aliphatic rings. The molecule has 1 atom stereocenters. The second kappa shape index (κ2) is 15.2. The maximum absolute atomic E-state index is 11.3. The van der Waals surface area contributed by atoms with Crippen LogP contribution in [0.15, 0.2) is 0 Å². The Bertz CT molecular complexity index is 225. The van der Waals surface area contributed by atoms with Crippen molar-refractivity contribution >= 4 is 17.7 Å². The molecule has 0 radical (unpaired) electrons. The van der Waals surface area contributed by atoms with Crippen LogP contribution >= 0.6 is 11.8 Å². The Labute approximate surface area is 129 Å². The van der Waals surface area contributed by atoms with E-state index in [-0.39, 0.29) is 5.97 Å². The quantitative estimate of drug-likeness (QED) is 0.387. The molecule has 0 rings (SSSR count). The van der Waals surface area contributed by atoms with Gasteiger partial charge in [-0.1, -0.05) is 51.9 Å². The summed E-state index contributed by atoms with van der Waals surface area (Å²) in [6.45, 7) is 4.48. The molecule has 0 aliphatic heterocycles. The molecule has 0 aromatic rings. The van der Waals surface area contributed by atoms with Crippen molar-refractivity contribution in [3.8, 4) is 0 Å². The first-order valence-corrected chi connectivity index (χ1v) is 9.37. The van der Waals surface area contributed by atoms with Crippen molar-refractivity contribution in [2.75, 3.05) is 18.1 Å². The van der Waals surface area contributed by atoms with Gasteiger partial charge in [-0.25, -0.2) is 0 Å². The Hall–Kier alpha value is -0.220. The maximum Gasteiger partial charge on any atom is 0.322 e. The number of carbonyl (C=O) groups excluding carboxylic acids is 1. The normalized spacial score (nSPS) is 12.3. The average molecular weight is 304 g/mol. The van der Waals surface area contributed by atoms with E-state index in [1.165, 1.54) is 57.1 Å². The van der Waals surface area contributed by atoms with Crippen LogP contribution < -0.4 is 5.73 Å². The van der Waals surface area contributed by atoms with Gasteiger partial charge in [-0.05, 0) is 31.3 Å². The molecule has 0 saturated heterocycles. The van der Waals surface area contributed by atoms with E-state index in [0.717, 1.165) is 12.2 Å². The number of carbonyl (C=O) groups is 1. The molecule has 0 aromatic heterocycles. The molecule has 0 saturated carbocycles. The average Bonchev–Trinajstić information content (AvgIpc) is 2.44. The zero-order valence-electron chi connectivity index (χ0n) is 13.4. The fraction of sp³-hybridized carbons (Fsp3) is 0.938. The van der Waals surface area contributed by atoms with Crippen LogP contribution in [0.1, 0.15) is 71.6 Å². The number of hydrogen-bond donors (Lipinski definition) is 1.